The lowest BCUT2D eigenvalue weighted by Gasteiger charge is -2.20. The molecule has 1 saturated carbocycles. The smallest absolute Gasteiger partial charge is 0.116 e. The van der Waals surface area contributed by atoms with Crippen LogP contribution in [0.4, 0.5) is 0 Å². The Hall–Kier alpha value is -1.20. The number of hydrogen-bond acceptors (Lipinski definition) is 4. The standard InChI is InChI=1S/C16H24N4S/c1-10(2)13-8-21-16(19-13)15(18-12-5-6-12)14-7-17-9-20(14)11(3)4/h7-12,15,18H,5-6H2,1-4H3. The Bertz CT molecular complexity index is 595. The van der Waals surface area contributed by atoms with E-state index in [-0.39, 0.29) is 6.04 Å². The Morgan fingerprint density at radius 1 is 1.29 bits per heavy atom. The molecular formula is C16H24N4S. The van der Waals surface area contributed by atoms with Gasteiger partial charge < -0.3 is 9.88 Å². The summed E-state index contributed by atoms with van der Waals surface area (Å²) >= 11 is 1.76. The van der Waals surface area contributed by atoms with Crippen LogP contribution < -0.4 is 5.32 Å². The maximum Gasteiger partial charge on any atom is 0.116 e. The van der Waals surface area contributed by atoms with E-state index in [1.807, 2.05) is 12.5 Å². The van der Waals surface area contributed by atoms with Crippen LogP contribution in [0.15, 0.2) is 17.9 Å². The average Bonchev–Trinajstić information content (AvgIpc) is 2.95. The minimum atomic E-state index is 0.167. The molecule has 2 aromatic rings. The molecule has 21 heavy (non-hydrogen) atoms. The van der Waals surface area contributed by atoms with Gasteiger partial charge in [-0.05, 0) is 32.6 Å². The number of nitrogens with one attached hydrogen (secondary N) is 1. The summed E-state index contributed by atoms with van der Waals surface area (Å²) in [6.07, 6.45) is 6.46. The maximum absolute atomic E-state index is 4.86. The zero-order valence-electron chi connectivity index (χ0n) is 13.2. The van der Waals surface area contributed by atoms with Gasteiger partial charge in [0.15, 0.2) is 0 Å². The van der Waals surface area contributed by atoms with Crippen molar-refractivity contribution in [3.63, 3.8) is 0 Å². The van der Waals surface area contributed by atoms with Crippen LogP contribution >= 0.6 is 11.3 Å². The van der Waals surface area contributed by atoms with Crippen molar-refractivity contribution in [2.75, 3.05) is 0 Å². The Kier molecular flexibility index (Phi) is 4.13. The van der Waals surface area contributed by atoms with Crippen molar-refractivity contribution < 1.29 is 0 Å². The highest BCUT2D eigenvalue weighted by atomic mass is 32.1. The lowest BCUT2D eigenvalue weighted by atomic mass is 10.1. The van der Waals surface area contributed by atoms with Crippen LogP contribution in [0.3, 0.4) is 0 Å². The Balaban J connectivity index is 1.94. The van der Waals surface area contributed by atoms with Crippen molar-refractivity contribution in [2.24, 2.45) is 0 Å². The molecule has 114 valence electrons. The van der Waals surface area contributed by atoms with E-state index in [1.54, 1.807) is 11.3 Å². The summed E-state index contributed by atoms with van der Waals surface area (Å²) in [6.45, 7) is 8.78. The molecule has 1 aliphatic carbocycles. The monoisotopic (exact) mass is 304 g/mol. The molecular weight excluding hydrogens is 280 g/mol. The van der Waals surface area contributed by atoms with Crippen LogP contribution in [0.1, 0.15) is 74.9 Å². The summed E-state index contributed by atoms with van der Waals surface area (Å²) in [5.74, 6) is 0.478. The molecule has 0 saturated heterocycles. The molecule has 0 spiro atoms. The van der Waals surface area contributed by atoms with Crippen molar-refractivity contribution in [1.29, 1.82) is 0 Å². The summed E-state index contributed by atoms with van der Waals surface area (Å²) in [4.78, 5) is 9.22. The van der Waals surface area contributed by atoms with E-state index in [1.165, 1.54) is 24.2 Å². The fourth-order valence-corrected chi connectivity index (χ4v) is 3.49. The quantitative estimate of drug-likeness (QED) is 0.880. The summed E-state index contributed by atoms with van der Waals surface area (Å²) in [5.41, 5.74) is 2.41. The minimum Gasteiger partial charge on any atom is -0.330 e. The summed E-state index contributed by atoms with van der Waals surface area (Å²) in [7, 11) is 0. The van der Waals surface area contributed by atoms with Gasteiger partial charge in [0.05, 0.1) is 23.9 Å². The molecule has 0 aromatic carbocycles. The van der Waals surface area contributed by atoms with Crippen LogP contribution in [0.25, 0.3) is 0 Å². The first kappa shape index (κ1) is 14.7. The van der Waals surface area contributed by atoms with E-state index in [9.17, 15) is 0 Å². The Morgan fingerprint density at radius 2 is 2.05 bits per heavy atom. The Labute approximate surface area is 130 Å². The van der Waals surface area contributed by atoms with Crippen molar-refractivity contribution in [2.45, 2.75) is 64.6 Å². The SMILES string of the molecule is CC(C)c1csc(C(NC2CC2)c2cncn2C(C)C)n1. The number of rotatable bonds is 6. The molecule has 5 heteroatoms. The normalized spacial score (nSPS) is 16.9. The molecule has 1 N–H and O–H groups in total. The second kappa shape index (κ2) is 5.89. The van der Waals surface area contributed by atoms with Gasteiger partial charge in [0.25, 0.3) is 0 Å². The number of imidazole rings is 1. The zero-order valence-corrected chi connectivity index (χ0v) is 14.0. The second-order valence-electron chi connectivity index (χ2n) is 6.46. The molecule has 1 unspecified atom stereocenters. The second-order valence-corrected chi connectivity index (χ2v) is 7.35. The van der Waals surface area contributed by atoms with Gasteiger partial charge in [-0.15, -0.1) is 11.3 Å². The summed E-state index contributed by atoms with van der Waals surface area (Å²) in [6, 6.07) is 1.22. The van der Waals surface area contributed by atoms with Crippen molar-refractivity contribution >= 4 is 11.3 Å². The van der Waals surface area contributed by atoms with E-state index in [0.717, 1.165) is 5.01 Å². The average molecular weight is 304 g/mol. The highest BCUT2D eigenvalue weighted by Gasteiger charge is 2.30. The van der Waals surface area contributed by atoms with Gasteiger partial charge in [0.2, 0.25) is 0 Å². The molecule has 3 rings (SSSR count). The summed E-state index contributed by atoms with van der Waals surface area (Å²) < 4.78 is 2.25. The first-order chi connectivity index (χ1) is 10.1. The van der Waals surface area contributed by atoms with Crippen LogP contribution in [-0.2, 0) is 0 Å². The predicted molar refractivity (Wildman–Crippen MR) is 86.8 cm³/mol. The van der Waals surface area contributed by atoms with Gasteiger partial charge in [-0.2, -0.15) is 0 Å². The lowest BCUT2D eigenvalue weighted by molar-refractivity contribution is 0.510. The molecule has 1 aliphatic rings. The van der Waals surface area contributed by atoms with Gasteiger partial charge in [-0.1, -0.05) is 13.8 Å². The molecule has 4 nitrogen and oxygen atoms in total. The molecule has 0 amide bonds. The van der Waals surface area contributed by atoms with Gasteiger partial charge in [0, 0.05) is 17.5 Å². The minimum absolute atomic E-state index is 0.167. The molecule has 2 aromatic heterocycles. The highest BCUT2D eigenvalue weighted by molar-refractivity contribution is 7.09. The molecule has 1 atom stereocenters. The van der Waals surface area contributed by atoms with E-state index in [0.29, 0.717) is 18.0 Å². The van der Waals surface area contributed by atoms with Crippen molar-refractivity contribution in [1.82, 2.24) is 19.9 Å². The molecule has 0 radical (unpaired) electrons. The van der Waals surface area contributed by atoms with Crippen molar-refractivity contribution in [3.05, 3.63) is 34.3 Å². The first-order valence-electron chi connectivity index (χ1n) is 7.79. The molecule has 0 bridgehead atoms. The van der Waals surface area contributed by atoms with Crippen LogP contribution in [0.2, 0.25) is 0 Å². The molecule has 0 aliphatic heterocycles. The van der Waals surface area contributed by atoms with Gasteiger partial charge in [-0.3, -0.25) is 0 Å². The van der Waals surface area contributed by atoms with Gasteiger partial charge in [-0.25, -0.2) is 9.97 Å². The predicted octanol–water partition coefficient (Wildman–Crippen LogP) is 3.89. The maximum atomic E-state index is 4.86. The number of nitrogens with zero attached hydrogens (tertiary/aromatic N) is 3. The van der Waals surface area contributed by atoms with E-state index < -0.39 is 0 Å². The number of aromatic nitrogens is 3. The lowest BCUT2D eigenvalue weighted by Crippen LogP contribution is -2.27. The van der Waals surface area contributed by atoms with Crippen LogP contribution in [0, 0.1) is 0 Å². The topological polar surface area (TPSA) is 42.7 Å². The largest absolute Gasteiger partial charge is 0.330 e. The van der Waals surface area contributed by atoms with Crippen molar-refractivity contribution in [3.8, 4) is 0 Å². The Morgan fingerprint density at radius 3 is 2.62 bits per heavy atom. The fourth-order valence-electron chi connectivity index (χ4n) is 2.44. The number of hydrogen-bond donors (Lipinski definition) is 1. The first-order valence-corrected chi connectivity index (χ1v) is 8.67. The van der Waals surface area contributed by atoms with E-state index >= 15 is 0 Å². The molecule has 2 heterocycles. The van der Waals surface area contributed by atoms with E-state index in [2.05, 4.69) is 47.9 Å². The summed E-state index contributed by atoms with van der Waals surface area (Å²) in [5, 5.41) is 7.10. The van der Waals surface area contributed by atoms with Crippen LogP contribution in [0.5, 0.6) is 0 Å². The molecule has 1 fully saturated rings. The van der Waals surface area contributed by atoms with Gasteiger partial charge >= 0.3 is 0 Å². The third-order valence-corrected chi connectivity index (χ3v) is 4.83. The van der Waals surface area contributed by atoms with Gasteiger partial charge in [0.1, 0.15) is 11.0 Å². The van der Waals surface area contributed by atoms with E-state index in [4.69, 9.17) is 4.98 Å². The third kappa shape index (κ3) is 3.19. The third-order valence-electron chi connectivity index (χ3n) is 3.91. The number of thiazole rings is 1. The zero-order chi connectivity index (χ0) is 15.0. The highest BCUT2D eigenvalue weighted by Crippen LogP contribution is 2.32. The fraction of sp³-hybridized carbons (Fsp3) is 0.625. The van der Waals surface area contributed by atoms with Crippen LogP contribution in [-0.4, -0.2) is 20.6 Å².